The number of methoxy groups -OCH3 is 2. The zero-order chi connectivity index (χ0) is 29.9. The van der Waals surface area contributed by atoms with E-state index in [1.807, 2.05) is 0 Å². The van der Waals surface area contributed by atoms with E-state index in [0.29, 0.717) is 40.9 Å². The molecule has 0 spiro atoms. The Bertz CT molecular complexity index is 1490. The van der Waals surface area contributed by atoms with E-state index in [-0.39, 0.29) is 49.7 Å². The lowest BCUT2D eigenvalue weighted by Crippen LogP contribution is -2.50. The van der Waals surface area contributed by atoms with Crippen molar-refractivity contribution >= 4 is 48.7 Å². The van der Waals surface area contributed by atoms with Gasteiger partial charge in [0.05, 0.1) is 38.4 Å². The van der Waals surface area contributed by atoms with E-state index in [1.165, 1.54) is 44.8 Å². The number of carbonyl (C=O) groups excluding carboxylic acids is 2. The first kappa shape index (κ1) is 30.0. The molecule has 14 heteroatoms. The number of piperazine rings is 1. The van der Waals surface area contributed by atoms with Crippen molar-refractivity contribution in [3.8, 4) is 11.5 Å². The number of carbonyl (C=O) groups is 2. The summed E-state index contributed by atoms with van der Waals surface area (Å²) in [5.41, 5.74) is 0.906. The molecule has 2 aromatic carbocycles. The van der Waals surface area contributed by atoms with Gasteiger partial charge in [-0.3, -0.25) is 9.69 Å². The first-order valence-corrected chi connectivity index (χ1v) is 16.0. The summed E-state index contributed by atoms with van der Waals surface area (Å²) in [6, 6.07) is 9.48. The third-order valence-electron chi connectivity index (χ3n) is 7.29. The Morgan fingerprint density at radius 3 is 2.36 bits per heavy atom. The zero-order valence-corrected chi connectivity index (χ0v) is 25.4. The second kappa shape index (κ2) is 12.8. The highest BCUT2D eigenvalue weighted by atomic mass is 32.2. The van der Waals surface area contributed by atoms with Gasteiger partial charge in [-0.05, 0) is 56.2 Å². The van der Waals surface area contributed by atoms with E-state index < -0.39 is 16.1 Å². The number of aromatic nitrogens is 1. The summed E-state index contributed by atoms with van der Waals surface area (Å²) in [7, 11) is -0.682. The minimum atomic E-state index is -3.82. The van der Waals surface area contributed by atoms with Crippen LogP contribution in [0.1, 0.15) is 30.1 Å². The maximum absolute atomic E-state index is 13.9. The molecule has 3 heterocycles. The van der Waals surface area contributed by atoms with Crippen molar-refractivity contribution in [2.75, 3.05) is 65.1 Å². The minimum absolute atomic E-state index is 0.0729. The number of anilines is 1. The Kier molecular flexibility index (Phi) is 9.16. The number of fused-ring (bicyclic) bond motifs is 1. The number of hydrogen-bond donors (Lipinski definition) is 0. The maximum Gasteiger partial charge on any atom is 0.409 e. The van der Waals surface area contributed by atoms with Crippen molar-refractivity contribution in [1.82, 2.24) is 14.2 Å². The molecule has 12 nitrogen and oxygen atoms in total. The lowest BCUT2D eigenvalue weighted by atomic mass is 10.2. The Morgan fingerprint density at radius 1 is 1.05 bits per heavy atom. The van der Waals surface area contributed by atoms with E-state index >= 15 is 0 Å². The molecule has 0 aliphatic carbocycles. The molecule has 2 aliphatic heterocycles. The molecule has 2 aliphatic rings. The van der Waals surface area contributed by atoms with Crippen molar-refractivity contribution in [2.24, 2.45) is 0 Å². The number of benzene rings is 2. The fraction of sp³-hybridized carbons (Fsp3) is 0.464. The van der Waals surface area contributed by atoms with Crippen LogP contribution in [0.2, 0.25) is 0 Å². The average Bonchev–Trinajstić information content (AvgIpc) is 3.70. The number of thiazole rings is 1. The fourth-order valence-corrected chi connectivity index (χ4v) is 7.53. The van der Waals surface area contributed by atoms with E-state index in [2.05, 4.69) is 0 Å². The average molecular weight is 619 g/mol. The van der Waals surface area contributed by atoms with Gasteiger partial charge in [-0.25, -0.2) is 18.2 Å². The molecular weight excluding hydrogens is 584 g/mol. The third kappa shape index (κ3) is 6.02. The molecule has 0 N–H and O–H groups in total. The first-order valence-electron chi connectivity index (χ1n) is 13.7. The van der Waals surface area contributed by atoms with Gasteiger partial charge in [0.2, 0.25) is 10.0 Å². The molecule has 2 saturated heterocycles. The minimum Gasteiger partial charge on any atom is -0.495 e. The highest BCUT2D eigenvalue weighted by molar-refractivity contribution is 7.89. The molecule has 1 aromatic heterocycles. The number of amides is 2. The van der Waals surface area contributed by atoms with Crippen molar-refractivity contribution < 1.29 is 37.0 Å². The summed E-state index contributed by atoms with van der Waals surface area (Å²) < 4.78 is 50.6. The van der Waals surface area contributed by atoms with Crippen LogP contribution in [-0.4, -0.2) is 101 Å². The predicted molar refractivity (Wildman–Crippen MR) is 157 cm³/mol. The Morgan fingerprint density at radius 2 is 1.74 bits per heavy atom. The molecule has 3 aromatic rings. The summed E-state index contributed by atoms with van der Waals surface area (Å²) in [5, 5.41) is 0.462. The van der Waals surface area contributed by atoms with Gasteiger partial charge in [0.15, 0.2) is 5.13 Å². The maximum atomic E-state index is 13.9. The molecule has 2 amide bonds. The Balaban J connectivity index is 1.39. The fourth-order valence-electron chi connectivity index (χ4n) is 5.03. The summed E-state index contributed by atoms with van der Waals surface area (Å²) >= 11 is 1.32. The van der Waals surface area contributed by atoms with Crippen molar-refractivity contribution in [3.63, 3.8) is 0 Å². The smallest absolute Gasteiger partial charge is 0.409 e. The Hall–Kier alpha value is -3.46. The molecule has 42 heavy (non-hydrogen) atoms. The normalized spacial score (nSPS) is 17.8. The van der Waals surface area contributed by atoms with Crippen molar-refractivity contribution in [3.05, 3.63) is 42.0 Å². The van der Waals surface area contributed by atoms with Gasteiger partial charge < -0.3 is 23.8 Å². The van der Waals surface area contributed by atoms with Crippen LogP contribution in [0.15, 0.2) is 41.3 Å². The molecule has 0 saturated carbocycles. The lowest BCUT2D eigenvalue weighted by molar-refractivity contribution is 0.0916. The van der Waals surface area contributed by atoms with Crippen molar-refractivity contribution in [1.29, 1.82) is 0 Å². The standard InChI is InChI=1S/C28H34N4O8S2/c1-4-39-28(34)30-13-15-31(16-14-30)42(35,36)21-9-7-19(8-10-21)26(33)32(18-20-6-5-17-40-20)27-29-24-22(37-2)11-12-23(38-3)25(24)41-27/h7-12,20H,4-6,13-18H2,1-3H3. The summed E-state index contributed by atoms with van der Waals surface area (Å²) in [5.74, 6) is 0.863. The largest absolute Gasteiger partial charge is 0.495 e. The highest BCUT2D eigenvalue weighted by Crippen LogP contribution is 2.40. The van der Waals surface area contributed by atoms with Gasteiger partial charge in [0, 0.05) is 38.3 Å². The monoisotopic (exact) mass is 618 g/mol. The summed E-state index contributed by atoms with van der Waals surface area (Å²) in [6.07, 6.45) is 1.14. The van der Waals surface area contributed by atoms with E-state index in [0.717, 1.165) is 17.5 Å². The van der Waals surface area contributed by atoms with Gasteiger partial charge in [-0.1, -0.05) is 11.3 Å². The van der Waals surface area contributed by atoms with Crippen molar-refractivity contribution in [2.45, 2.75) is 30.8 Å². The molecule has 0 radical (unpaired) electrons. The van der Waals surface area contributed by atoms with Crippen LogP contribution in [0.3, 0.4) is 0 Å². The Labute approximate surface area is 248 Å². The van der Waals surface area contributed by atoms with Gasteiger partial charge in [0.1, 0.15) is 21.7 Å². The van der Waals surface area contributed by atoms with Crippen LogP contribution < -0.4 is 14.4 Å². The predicted octanol–water partition coefficient (Wildman–Crippen LogP) is 3.60. The van der Waals surface area contributed by atoms with Gasteiger partial charge in [0.25, 0.3) is 5.91 Å². The highest BCUT2D eigenvalue weighted by Gasteiger charge is 2.32. The van der Waals surface area contributed by atoms with Crippen LogP contribution in [0.4, 0.5) is 9.93 Å². The zero-order valence-electron chi connectivity index (χ0n) is 23.8. The van der Waals surface area contributed by atoms with Crippen LogP contribution in [0.5, 0.6) is 11.5 Å². The van der Waals surface area contributed by atoms with Gasteiger partial charge in [-0.15, -0.1) is 0 Å². The van der Waals surface area contributed by atoms with Crippen LogP contribution in [0.25, 0.3) is 10.2 Å². The number of hydrogen-bond acceptors (Lipinski definition) is 10. The number of rotatable bonds is 9. The van der Waals surface area contributed by atoms with Crippen LogP contribution in [-0.2, 0) is 19.5 Å². The van der Waals surface area contributed by atoms with E-state index in [1.54, 1.807) is 38.2 Å². The summed E-state index contributed by atoms with van der Waals surface area (Å²) in [6.45, 7) is 3.71. The number of nitrogens with zero attached hydrogens (tertiary/aromatic N) is 4. The van der Waals surface area contributed by atoms with Crippen LogP contribution in [0, 0.1) is 0 Å². The first-order chi connectivity index (χ1) is 20.3. The van der Waals surface area contributed by atoms with Gasteiger partial charge in [-0.2, -0.15) is 4.31 Å². The van der Waals surface area contributed by atoms with E-state index in [4.69, 9.17) is 23.9 Å². The molecule has 226 valence electrons. The number of sulfonamides is 1. The quantitative estimate of drug-likeness (QED) is 0.353. The molecular formula is C28H34N4O8S2. The molecule has 2 fully saturated rings. The molecule has 0 bridgehead atoms. The van der Waals surface area contributed by atoms with E-state index in [9.17, 15) is 18.0 Å². The second-order valence-corrected chi connectivity index (χ2v) is 12.7. The molecule has 1 unspecified atom stereocenters. The topological polar surface area (TPSA) is 128 Å². The molecule has 5 rings (SSSR count). The SMILES string of the molecule is CCOC(=O)N1CCN(S(=O)(=O)c2ccc(C(=O)N(CC3CCCO3)c3nc4c(OC)ccc(OC)c4s3)cc2)CC1. The third-order valence-corrected chi connectivity index (χ3v) is 10.3. The second-order valence-electron chi connectivity index (χ2n) is 9.81. The van der Waals surface area contributed by atoms with Crippen LogP contribution >= 0.6 is 11.3 Å². The van der Waals surface area contributed by atoms with Gasteiger partial charge >= 0.3 is 6.09 Å². The number of ether oxygens (including phenoxy) is 4. The lowest BCUT2D eigenvalue weighted by Gasteiger charge is -2.33. The molecule has 1 atom stereocenters. The summed E-state index contributed by atoms with van der Waals surface area (Å²) in [4.78, 5) is 33.8.